The van der Waals surface area contributed by atoms with Crippen LogP contribution in [0.4, 0.5) is 5.82 Å². The highest BCUT2D eigenvalue weighted by molar-refractivity contribution is 6.30. The monoisotopic (exact) mass is 516 g/mol. The van der Waals surface area contributed by atoms with Crippen LogP contribution < -0.4 is 5.73 Å². The van der Waals surface area contributed by atoms with E-state index in [2.05, 4.69) is 16.3 Å². The molecule has 1 heterocycles. The lowest BCUT2D eigenvalue weighted by Crippen LogP contribution is -2.14. The molecule has 2 aromatic carbocycles. The summed E-state index contributed by atoms with van der Waals surface area (Å²) in [7, 11) is 1.50. The first-order chi connectivity index (χ1) is 17.3. The number of aromatic amines is 1. The first-order valence-electron chi connectivity index (χ1n) is 11.2. The van der Waals surface area contributed by atoms with E-state index in [4.69, 9.17) is 49.5 Å². The Hall–Kier alpha value is -3.96. The lowest BCUT2D eigenvalue weighted by atomic mass is 9.90. The molecule has 2 fully saturated rings. The van der Waals surface area contributed by atoms with E-state index in [1.54, 1.807) is 0 Å². The normalized spacial score (nSPS) is 15.7. The molecular formula is C27H22Cl2N6O. The highest BCUT2D eigenvalue weighted by Crippen LogP contribution is 2.55. The zero-order valence-electron chi connectivity index (χ0n) is 19.5. The third-order valence-electron chi connectivity index (χ3n) is 6.77. The number of allylic oxidation sites excluding steroid dienone is 2. The number of nitrogens with zero attached hydrogens (tertiary/aromatic N) is 4. The molecule has 0 radical (unpaired) electrons. The van der Waals surface area contributed by atoms with Crippen molar-refractivity contribution in [2.24, 2.45) is 0 Å². The lowest BCUT2D eigenvalue weighted by molar-refractivity contribution is 0.256. The summed E-state index contributed by atoms with van der Waals surface area (Å²) in [5.74, 6) is 0.738. The van der Waals surface area contributed by atoms with Crippen molar-refractivity contribution < 1.29 is 4.74 Å². The van der Waals surface area contributed by atoms with Crippen molar-refractivity contribution in [3.8, 4) is 18.2 Å². The highest BCUT2D eigenvalue weighted by atomic mass is 35.5. The van der Waals surface area contributed by atoms with Crippen LogP contribution in [0.15, 0.2) is 59.9 Å². The van der Waals surface area contributed by atoms with Crippen molar-refractivity contribution in [2.45, 2.75) is 36.5 Å². The lowest BCUT2D eigenvalue weighted by Gasteiger charge is -2.18. The Balaban J connectivity index is 0.000000169. The van der Waals surface area contributed by atoms with E-state index in [-0.39, 0.29) is 22.2 Å². The summed E-state index contributed by atoms with van der Waals surface area (Å²) >= 11 is 11.8. The summed E-state index contributed by atoms with van der Waals surface area (Å²) in [4.78, 5) is 0. The molecular weight excluding hydrogens is 495 g/mol. The van der Waals surface area contributed by atoms with Crippen molar-refractivity contribution in [1.29, 1.82) is 15.8 Å². The zero-order valence-corrected chi connectivity index (χ0v) is 21.0. The second-order valence-electron chi connectivity index (χ2n) is 8.78. The van der Waals surface area contributed by atoms with E-state index in [0.717, 1.165) is 42.5 Å². The SMILES string of the molecule is COC(=C(C#N)C#N)C1(c2ccc(Cl)cc2)CC1.N#Cc1c(N)n[nH]c1C1(c2ccc(Cl)cc2)CC1. The van der Waals surface area contributed by atoms with Gasteiger partial charge in [-0.3, -0.25) is 5.10 Å². The number of rotatable bonds is 5. The van der Waals surface area contributed by atoms with Gasteiger partial charge in [0.05, 0.1) is 18.2 Å². The van der Waals surface area contributed by atoms with Crippen LogP contribution in [0.25, 0.3) is 0 Å². The molecule has 0 aliphatic heterocycles. The van der Waals surface area contributed by atoms with Gasteiger partial charge in [-0.15, -0.1) is 0 Å². The maximum absolute atomic E-state index is 9.16. The van der Waals surface area contributed by atoms with Crippen LogP contribution in [-0.2, 0) is 15.6 Å². The Bertz CT molecular complexity index is 1410. The molecule has 180 valence electrons. The molecule has 3 aromatic rings. The fraction of sp³-hybridized carbons (Fsp3) is 0.259. The van der Waals surface area contributed by atoms with E-state index < -0.39 is 0 Å². The number of halogens is 2. The quantitative estimate of drug-likeness (QED) is 0.319. The summed E-state index contributed by atoms with van der Waals surface area (Å²) in [5, 5.41) is 35.3. The Morgan fingerprint density at radius 2 is 1.44 bits per heavy atom. The standard InChI is InChI=1S/C14H11ClN2O.C13H11ClN4/c1-18-13(10(8-16)9-17)14(6-7-14)11-2-4-12(15)5-3-11;14-9-3-1-8(2-4-9)13(5-6-13)11-10(7-15)12(16)18-17-11/h2-5H,6-7H2,1H3;1-4H,5-6H2,(H3,16,17,18). The van der Waals surface area contributed by atoms with E-state index in [1.165, 1.54) is 7.11 Å². The number of ether oxygens (including phenoxy) is 1. The number of anilines is 1. The zero-order chi connectivity index (χ0) is 25.9. The molecule has 5 rings (SSSR count). The molecule has 2 saturated carbocycles. The summed E-state index contributed by atoms with van der Waals surface area (Å²) in [6, 6.07) is 21.1. The largest absolute Gasteiger partial charge is 0.498 e. The van der Waals surface area contributed by atoms with Crippen LogP contribution in [0, 0.1) is 34.0 Å². The first kappa shape index (κ1) is 25.1. The average molecular weight is 517 g/mol. The number of nitrogens with one attached hydrogen (secondary N) is 1. The number of nitrogens with two attached hydrogens (primary N) is 1. The topological polar surface area (TPSA) is 135 Å². The van der Waals surface area contributed by atoms with E-state index in [1.807, 2.05) is 60.7 Å². The van der Waals surface area contributed by atoms with Crippen molar-refractivity contribution in [3.63, 3.8) is 0 Å². The minimum absolute atomic E-state index is 0.0463. The van der Waals surface area contributed by atoms with Crippen molar-refractivity contribution in [2.75, 3.05) is 12.8 Å². The number of aromatic nitrogens is 2. The molecule has 0 spiro atoms. The predicted molar refractivity (Wildman–Crippen MR) is 137 cm³/mol. The third-order valence-corrected chi connectivity index (χ3v) is 7.27. The number of benzene rings is 2. The number of hydrogen-bond donors (Lipinski definition) is 2. The van der Waals surface area contributed by atoms with Crippen LogP contribution in [0.3, 0.4) is 0 Å². The fourth-order valence-corrected chi connectivity index (χ4v) is 4.85. The summed E-state index contributed by atoms with van der Waals surface area (Å²) in [5.41, 5.74) is 8.74. The Labute approximate surface area is 219 Å². The molecule has 2 aliphatic carbocycles. The molecule has 0 unspecified atom stereocenters. The van der Waals surface area contributed by atoms with E-state index >= 15 is 0 Å². The number of nitrogen functional groups attached to an aromatic ring is 1. The first-order valence-corrected chi connectivity index (χ1v) is 12.0. The van der Waals surface area contributed by atoms with Crippen LogP contribution in [0.5, 0.6) is 0 Å². The van der Waals surface area contributed by atoms with Gasteiger partial charge in [0.25, 0.3) is 0 Å². The molecule has 0 bridgehead atoms. The molecule has 2 aliphatic rings. The highest BCUT2D eigenvalue weighted by Gasteiger charge is 2.51. The van der Waals surface area contributed by atoms with Gasteiger partial charge in [-0.25, -0.2) is 0 Å². The number of hydrogen-bond acceptors (Lipinski definition) is 6. The number of nitriles is 3. The van der Waals surface area contributed by atoms with Gasteiger partial charge in [0.1, 0.15) is 29.5 Å². The molecule has 0 amide bonds. The third kappa shape index (κ3) is 4.50. The summed E-state index contributed by atoms with van der Waals surface area (Å²) in [6.07, 6.45) is 3.74. The average Bonchev–Trinajstić information content (AvgIpc) is 3.82. The van der Waals surface area contributed by atoms with Crippen LogP contribution in [0.1, 0.15) is 48.1 Å². The van der Waals surface area contributed by atoms with Gasteiger partial charge in [-0.2, -0.15) is 20.9 Å². The Morgan fingerprint density at radius 3 is 1.86 bits per heavy atom. The second kappa shape index (κ2) is 9.96. The minimum atomic E-state index is -0.319. The summed E-state index contributed by atoms with van der Waals surface area (Å²) in [6.45, 7) is 0. The van der Waals surface area contributed by atoms with Gasteiger partial charge in [0.15, 0.2) is 11.4 Å². The number of H-pyrrole nitrogens is 1. The van der Waals surface area contributed by atoms with Gasteiger partial charge in [-0.05, 0) is 61.1 Å². The van der Waals surface area contributed by atoms with E-state index in [9.17, 15) is 0 Å². The van der Waals surface area contributed by atoms with Crippen LogP contribution in [0.2, 0.25) is 10.0 Å². The smallest absolute Gasteiger partial charge is 0.168 e. The van der Waals surface area contributed by atoms with Gasteiger partial charge >= 0.3 is 0 Å². The van der Waals surface area contributed by atoms with Gasteiger partial charge in [0.2, 0.25) is 0 Å². The predicted octanol–water partition coefficient (Wildman–Crippen LogP) is 5.92. The molecule has 0 saturated heterocycles. The molecule has 7 nitrogen and oxygen atoms in total. The molecule has 1 aromatic heterocycles. The second-order valence-corrected chi connectivity index (χ2v) is 9.65. The maximum Gasteiger partial charge on any atom is 0.168 e. The maximum atomic E-state index is 9.16. The van der Waals surface area contributed by atoms with E-state index in [0.29, 0.717) is 21.4 Å². The minimum Gasteiger partial charge on any atom is -0.498 e. The van der Waals surface area contributed by atoms with Gasteiger partial charge < -0.3 is 10.5 Å². The fourth-order valence-electron chi connectivity index (χ4n) is 4.60. The molecule has 36 heavy (non-hydrogen) atoms. The van der Waals surface area contributed by atoms with Crippen molar-refractivity contribution in [3.05, 3.63) is 92.3 Å². The Kier molecular flexibility index (Phi) is 6.95. The Morgan fingerprint density at radius 1 is 0.917 bits per heavy atom. The van der Waals surface area contributed by atoms with Gasteiger partial charge in [-0.1, -0.05) is 47.5 Å². The van der Waals surface area contributed by atoms with Crippen LogP contribution in [-0.4, -0.2) is 17.3 Å². The molecule has 9 heteroatoms. The van der Waals surface area contributed by atoms with Crippen molar-refractivity contribution >= 4 is 29.0 Å². The molecule has 3 N–H and O–H groups in total. The van der Waals surface area contributed by atoms with Crippen LogP contribution >= 0.6 is 23.2 Å². The summed E-state index contributed by atoms with van der Waals surface area (Å²) < 4.78 is 5.31. The van der Waals surface area contributed by atoms with Crippen molar-refractivity contribution in [1.82, 2.24) is 10.2 Å². The molecule has 0 atom stereocenters. The number of methoxy groups -OCH3 is 1. The van der Waals surface area contributed by atoms with Gasteiger partial charge in [0, 0.05) is 15.5 Å².